The summed E-state index contributed by atoms with van der Waals surface area (Å²) in [6.07, 6.45) is 3.69. The number of thiazole rings is 1. The molecule has 1 aromatic carbocycles. The summed E-state index contributed by atoms with van der Waals surface area (Å²) in [4.78, 5) is 17.0. The molecule has 2 aromatic rings. The van der Waals surface area contributed by atoms with Crippen LogP contribution < -0.4 is 15.8 Å². The Hall–Kier alpha value is -1.70. The monoisotopic (exact) mass is 399 g/mol. The first-order valence-electron chi connectivity index (χ1n) is 8.30. The molecule has 1 aliphatic rings. The molecule has 1 aromatic heterocycles. The van der Waals surface area contributed by atoms with Crippen molar-refractivity contribution >= 4 is 34.8 Å². The van der Waals surface area contributed by atoms with Crippen LogP contribution in [0, 0.1) is 11.7 Å². The predicted molar refractivity (Wildman–Crippen MR) is 104 cm³/mol. The van der Waals surface area contributed by atoms with Crippen molar-refractivity contribution in [2.24, 2.45) is 11.7 Å². The van der Waals surface area contributed by atoms with Gasteiger partial charge in [0.1, 0.15) is 11.6 Å². The second-order valence-corrected chi connectivity index (χ2v) is 7.53. The lowest BCUT2D eigenvalue weighted by atomic mass is 9.74. The smallest absolute Gasteiger partial charge is 0.231 e. The van der Waals surface area contributed by atoms with Crippen molar-refractivity contribution in [3.8, 4) is 17.0 Å². The number of ether oxygens (including phenoxy) is 1. The van der Waals surface area contributed by atoms with Gasteiger partial charge in [0, 0.05) is 16.5 Å². The van der Waals surface area contributed by atoms with Crippen molar-refractivity contribution in [3.63, 3.8) is 0 Å². The van der Waals surface area contributed by atoms with E-state index in [2.05, 4.69) is 10.3 Å². The number of nitrogens with one attached hydrogen (secondary N) is 1. The molecule has 0 aliphatic heterocycles. The van der Waals surface area contributed by atoms with E-state index in [1.807, 2.05) is 6.92 Å². The highest BCUT2D eigenvalue weighted by atomic mass is 35.5. The number of halogens is 2. The Morgan fingerprint density at radius 1 is 1.46 bits per heavy atom. The molecule has 26 heavy (non-hydrogen) atoms. The van der Waals surface area contributed by atoms with E-state index in [1.165, 1.54) is 30.6 Å². The minimum atomic E-state index is -0.492. The van der Waals surface area contributed by atoms with E-state index in [1.54, 1.807) is 11.4 Å². The number of carbonyl (C=O) groups is 1. The first-order valence-corrected chi connectivity index (χ1v) is 9.18. The van der Waals surface area contributed by atoms with Crippen LogP contribution in [0.2, 0.25) is 0 Å². The Labute approximate surface area is 162 Å². The van der Waals surface area contributed by atoms with Crippen LogP contribution in [0.3, 0.4) is 0 Å². The van der Waals surface area contributed by atoms with Gasteiger partial charge in [-0.25, -0.2) is 9.37 Å². The molecule has 1 fully saturated rings. The first-order chi connectivity index (χ1) is 11.9. The fourth-order valence-electron chi connectivity index (χ4n) is 3.32. The van der Waals surface area contributed by atoms with Gasteiger partial charge in [-0.3, -0.25) is 4.79 Å². The van der Waals surface area contributed by atoms with Crippen LogP contribution in [0.4, 0.5) is 9.52 Å². The van der Waals surface area contributed by atoms with E-state index in [0.717, 1.165) is 25.7 Å². The van der Waals surface area contributed by atoms with E-state index in [9.17, 15) is 9.18 Å². The fourth-order valence-corrected chi connectivity index (χ4v) is 4.03. The van der Waals surface area contributed by atoms with Crippen LogP contribution in [0.1, 0.15) is 32.6 Å². The summed E-state index contributed by atoms with van der Waals surface area (Å²) < 4.78 is 18.8. The molecule has 2 unspecified atom stereocenters. The lowest BCUT2D eigenvalue weighted by Crippen LogP contribution is -2.51. The van der Waals surface area contributed by atoms with Crippen LogP contribution in [0.25, 0.3) is 11.3 Å². The summed E-state index contributed by atoms with van der Waals surface area (Å²) in [7, 11) is 1.52. The summed E-state index contributed by atoms with van der Waals surface area (Å²) in [6.45, 7) is 1.93. The molecule has 5 nitrogen and oxygen atoms in total. The SMILES string of the molecule is COc1ccc(F)cc1-c1csc(NC(=O)C2CCCCC2(C)N)n1.Cl. The zero-order chi connectivity index (χ0) is 18.0. The Morgan fingerprint density at radius 3 is 2.92 bits per heavy atom. The highest BCUT2D eigenvalue weighted by molar-refractivity contribution is 7.14. The summed E-state index contributed by atoms with van der Waals surface area (Å²) in [5, 5.41) is 5.12. The summed E-state index contributed by atoms with van der Waals surface area (Å²) in [5.41, 5.74) is 6.92. The van der Waals surface area contributed by atoms with Gasteiger partial charge >= 0.3 is 0 Å². The van der Waals surface area contributed by atoms with Crippen molar-refractivity contribution in [3.05, 3.63) is 29.4 Å². The maximum atomic E-state index is 13.6. The molecule has 2 atom stereocenters. The second-order valence-electron chi connectivity index (χ2n) is 6.68. The predicted octanol–water partition coefficient (Wildman–Crippen LogP) is 4.23. The molecule has 0 radical (unpaired) electrons. The molecule has 1 aliphatic carbocycles. The van der Waals surface area contributed by atoms with Gasteiger partial charge in [-0.05, 0) is 38.0 Å². The molecule has 0 spiro atoms. The molecular formula is C18H23ClFN3O2S. The van der Waals surface area contributed by atoms with E-state index < -0.39 is 5.54 Å². The molecule has 3 rings (SSSR count). The quantitative estimate of drug-likeness (QED) is 0.806. The second kappa shape index (κ2) is 8.33. The molecule has 1 amide bonds. The minimum Gasteiger partial charge on any atom is -0.496 e. The average Bonchev–Trinajstić information content (AvgIpc) is 3.02. The van der Waals surface area contributed by atoms with Crippen molar-refractivity contribution in [2.75, 3.05) is 12.4 Å². The highest BCUT2D eigenvalue weighted by Crippen LogP contribution is 2.35. The van der Waals surface area contributed by atoms with Crippen LogP contribution >= 0.6 is 23.7 Å². The van der Waals surface area contributed by atoms with E-state index in [0.29, 0.717) is 22.1 Å². The highest BCUT2D eigenvalue weighted by Gasteiger charge is 2.38. The molecule has 3 N–H and O–H groups in total. The number of aromatic nitrogens is 1. The van der Waals surface area contributed by atoms with Crippen LogP contribution in [0.5, 0.6) is 5.75 Å². The van der Waals surface area contributed by atoms with Crippen molar-refractivity contribution in [2.45, 2.75) is 38.1 Å². The molecule has 0 saturated heterocycles. The number of carbonyl (C=O) groups excluding carboxylic acids is 1. The largest absolute Gasteiger partial charge is 0.496 e. The van der Waals surface area contributed by atoms with Crippen LogP contribution in [-0.2, 0) is 4.79 Å². The third kappa shape index (κ3) is 4.34. The van der Waals surface area contributed by atoms with Crippen LogP contribution in [-0.4, -0.2) is 23.5 Å². The maximum absolute atomic E-state index is 13.6. The number of nitrogens with two attached hydrogens (primary N) is 1. The lowest BCUT2D eigenvalue weighted by Gasteiger charge is -2.36. The Bertz CT molecular complexity index is 782. The third-order valence-electron chi connectivity index (χ3n) is 4.74. The third-order valence-corrected chi connectivity index (χ3v) is 5.50. The molecule has 0 bridgehead atoms. The first kappa shape index (κ1) is 20.6. The zero-order valence-corrected chi connectivity index (χ0v) is 16.4. The van der Waals surface area contributed by atoms with Gasteiger partial charge in [-0.15, -0.1) is 23.7 Å². The van der Waals surface area contributed by atoms with Crippen LogP contribution in [0.15, 0.2) is 23.6 Å². The van der Waals surface area contributed by atoms with Crippen molar-refractivity contribution < 1.29 is 13.9 Å². The molecule has 1 heterocycles. The average molecular weight is 400 g/mol. The Morgan fingerprint density at radius 2 is 2.23 bits per heavy atom. The number of methoxy groups -OCH3 is 1. The minimum absolute atomic E-state index is 0. The fraction of sp³-hybridized carbons (Fsp3) is 0.444. The maximum Gasteiger partial charge on any atom is 0.231 e. The van der Waals surface area contributed by atoms with E-state index in [4.69, 9.17) is 10.5 Å². The van der Waals surface area contributed by atoms with Gasteiger partial charge in [-0.2, -0.15) is 0 Å². The van der Waals surface area contributed by atoms with Gasteiger partial charge in [0.25, 0.3) is 0 Å². The molecule has 1 saturated carbocycles. The number of rotatable bonds is 4. The lowest BCUT2D eigenvalue weighted by molar-refractivity contribution is -0.122. The van der Waals surface area contributed by atoms with E-state index in [-0.39, 0.29) is 30.0 Å². The number of hydrogen-bond donors (Lipinski definition) is 2. The summed E-state index contributed by atoms with van der Waals surface area (Å²) in [6, 6.07) is 4.27. The molecule has 142 valence electrons. The number of nitrogens with zero attached hydrogens (tertiary/aromatic N) is 1. The van der Waals surface area contributed by atoms with E-state index >= 15 is 0 Å². The zero-order valence-electron chi connectivity index (χ0n) is 14.8. The van der Waals surface area contributed by atoms with Gasteiger partial charge in [0.05, 0.1) is 18.7 Å². The number of anilines is 1. The summed E-state index contributed by atoms with van der Waals surface area (Å²) in [5.74, 6) is -0.156. The number of hydrogen-bond acceptors (Lipinski definition) is 5. The van der Waals surface area contributed by atoms with Gasteiger partial charge in [0.2, 0.25) is 5.91 Å². The standard InChI is InChI=1S/C18H22FN3O2S.ClH/c1-18(20)8-4-3-5-13(18)16(23)22-17-21-14(10-25-17)12-9-11(19)6-7-15(12)24-2;/h6-7,9-10,13H,3-5,8,20H2,1-2H3,(H,21,22,23);1H. The number of benzene rings is 1. The van der Waals surface area contributed by atoms with Gasteiger partial charge in [-0.1, -0.05) is 12.8 Å². The summed E-state index contributed by atoms with van der Waals surface area (Å²) >= 11 is 1.30. The van der Waals surface area contributed by atoms with Gasteiger partial charge in [0.15, 0.2) is 5.13 Å². The Balaban J connectivity index is 0.00000243. The normalized spacial score (nSPS) is 22.4. The van der Waals surface area contributed by atoms with Gasteiger partial charge < -0.3 is 15.8 Å². The topological polar surface area (TPSA) is 77.2 Å². The van der Waals surface area contributed by atoms with Crippen molar-refractivity contribution in [1.82, 2.24) is 4.98 Å². The molecular weight excluding hydrogens is 377 g/mol. The van der Waals surface area contributed by atoms with Crippen molar-refractivity contribution in [1.29, 1.82) is 0 Å². The molecule has 8 heteroatoms. The number of amides is 1. The Kier molecular flexibility index (Phi) is 6.60.